The van der Waals surface area contributed by atoms with Crippen LogP contribution in [0.15, 0.2) is 78.9 Å². The Morgan fingerprint density at radius 3 is 2.26 bits per heavy atom. The fourth-order valence-corrected chi connectivity index (χ4v) is 3.50. The molecule has 4 rings (SSSR count). The molecule has 0 aromatic heterocycles. The molecule has 3 aromatic rings. The lowest BCUT2D eigenvalue weighted by Gasteiger charge is -2.23. The third-order valence-corrected chi connectivity index (χ3v) is 5.37. The molecule has 1 saturated carbocycles. The third kappa shape index (κ3) is 5.79. The number of amides is 2. The lowest BCUT2D eigenvalue weighted by Crippen LogP contribution is -2.31. The van der Waals surface area contributed by atoms with Gasteiger partial charge in [-0.2, -0.15) is 0 Å². The van der Waals surface area contributed by atoms with E-state index in [9.17, 15) is 14.0 Å². The maximum Gasteiger partial charge on any atom is 0.230 e. The second kappa shape index (κ2) is 9.56. The lowest BCUT2D eigenvalue weighted by molar-refractivity contribution is -0.121. The Hall–Kier alpha value is -3.47. The van der Waals surface area contributed by atoms with Crippen LogP contribution >= 0.6 is 0 Å². The van der Waals surface area contributed by atoms with Crippen LogP contribution in [-0.2, 0) is 29.1 Å². The molecule has 0 spiro atoms. The Morgan fingerprint density at radius 1 is 0.871 bits per heavy atom. The highest BCUT2D eigenvalue weighted by molar-refractivity contribution is 5.96. The maximum atomic E-state index is 13.6. The molecule has 1 aliphatic carbocycles. The minimum absolute atomic E-state index is 0.0528. The van der Waals surface area contributed by atoms with Crippen LogP contribution in [0.2, 0.25) is 0 Å². The first-order valence-corrected chi connectivity index (χ1v) is 10.5. The topological polar surface area (TPSA) is 49.4 Å². The van der Waals surface area contributed by atoms with E-state index in [1.165, 1.54) is 12.1 Å². The summed E-state index contributed by atoms with van der Waals surface area (Å²) in [5.74, 6) is -0.245. The molecule has 0 unspecified atom stereocenters. The van der Waals surface area contributed by atoms with Crippen LogP contribution in [0.1, 0.15) is 29.5 Å². The standard InChI is InChI=1S/C26H25FN2O2/c27-23-8-4-7-21(15-23)18-29(26(31)22-11-12-22)24-13-9-19(10-14-24)16-25(30)28-17-20-5-2-1-3-6-20/h1-10,13-15,22H,11-12,16-18H2,(H,28,30). The van der Waals surface area contributed by atoms with Gasteiger partial charge in [-0.1, -0.05) is 54.6 Å². The SMILES string of the molecule is O=C(Cc1ccc(N(Cc2cccc(F)c2)C(=O)C2CC2)cc1)NCc1ccccc1. The highest BCUT2D eigenvalue weighted by atomic mass is 19.1. The molecule has 1 N–H and O–H groups in total. The number of benzene rings is 3. The molecular formula is C26H25FN2O2. The largest absolute Gasteiger partial charge is 0.352 e. The van der Waals surface area contributed by atoms with Crippen LogP contribution < -0.4 is 10.2 Å². The Balaban J connectivity index is 1.41. The number of nitrogens with one attached hydrogen (secondary N) is 1. The monoisotopic (exact) mass is 416 g/mol. The van der Waals surface area contributed by atoms with Gasteiger partial charge >= 0.3 is 0 Å². The molecule has 31 heavy (non-hydrogen) atoms. The summed E-state index contributed by atoms with van der Waals surface area (Å²) in [5.41, 5.74) is 3.43. The van der Waals surface area contributed by atoms with Crippen LogP contribution in [0.4, 0.5) is 10.1 Å². The Morgan fingerprint density at radius 2 is 1.58 bits per heavy atom. The number of carbonyl (C=O) groups is 2. The van der Waals surface area contributed by atoms with Crippen LogP contribution in [0.25, 0.3) is 0 Å². The fraction of sp³-hybridized carbons (Fsp3) is 0.231. The molecule has 0 saturated heterocycles. The van der Waals surface area contributed by atoms with E-state index < -0.39 is 0 Å². The first-order valence-electron chi connectivity index (χ1n) is 10.5. The van der Waals surface area contributed by atoms with E-state index in [1.807, 2.05) is 60.7 Å². The summed E-state index contributed by atoms with van der Waals surface area (Å²) in [7, 11) is 0. The van der Waals surface area contributed by atoms with Crippen LogP contribution in [0.5, 0.6) is 0 Å². The van der Waals surface area contributed by atoms with Crippen molar-refractivity contribution in [3.05, 3.63) is 101 Å². The van der Waals surface area contributed by atoms with Crippen molar-refractivity contribution < 1.29 is 14.0 Å². The fourth-order valence-electron chi connectivity index (χ4n) is 3.50. The van der Waals surface area contributed by atoms with Crippen LogP contribution in [-0.4, -0.2) is 11.8 Å². The molecule has 0 radical (unpaired) electrons. The lowest BCUT2D eigenvalue weighted by atomic mass is 10.1. The molecule has 1 aliphatic rings. The summed E-state index contributed by atoms with van der Waals surface area (Å²) in [5, 5.41) is 2.93. The molecule has 0 aliphatic heterocycles. The highest BCUT2D eigenvalue weighted by Crippen LogP contribution is 2.33. The molecule has 3 aromatic carbocycles. The summed E-state index contributed by atoms with van der Waals surface area (Å²) >= 11 is 0. The molecule has 0 heterocycles. The van der Waals surface area contributed by atoms with E-state index in [0.717, 1.165) is 35.2 Å². The van der Waals surface area contributed by atoms with Crippen molar-refractivity contribution in [3.8, 4) is 0 Å². The second-order valence-corrected chi connectivity index (χ2v) is 7.93. The van der Waals surface area contributed by atoms with Gasteiger partial charge in [0, 0.05) is 18.2 Å². The molecule has 158 valence electrons. The Kier molecular flexibility index (Phi) is 6.41. The average molecular weight is 416 g/mol. The van der Waals surface area contributed by atoms with Crippen molar-refractivity contribution in [2.75, 3.05) is 4.90 Å². The predicted octanol–water partition coefficient (Wildman–Crippen LogP) is 4.63. The summed E-state index contributed by atoms with van der Waals surface area (Å²) in [4.78, 5) is 26.8. The summed E-state index contributed by atoms with van der Waals surface area (Å²) in [6, 6.07) is 23.6. The number of hydrogen-bond acceptors (Lipinski definition) is 2. The minimum atomic E-state index is -0.312. The number of nitrogens with zero attached hydrogens (tertiary/aromatic N) is 1. The zero-order valence-electron chi connectivity index (χ0n) is 17.3. The maximum absolute atomic E-state index is 13.6. The Bertz CT molecular complexity index is 1050. The second-order valence-electron chi connectivity index (χ2n) is 7.93. The number of rotatable bonds is 8. The van der Waals surface area contributed by atoms with E-state index in [-0.39, 0.29) is 30.0 Å². The van der Waals surface area contributed by atoms with E-state index in [2.05, 4.69) is 5.32 Å². The summed E-state index contributed by atoms with van der Waals surface area (Å²) in [6.07, 6.45) is 2.07. The first-order chi connectivity index (χ1) is 15.1. The highest BCUT2D eigenvalue weighted by Gasteiger charge is 2.34. The van der Waals surface area contributed by atoms with E-state index in [1.54, 1.807) is 11.0 Å². The van der Waals surface area contributed by atoms with Gasteiger partial charge in [0.05, 0.1) is 13.0 Å². The van der Waals surface area contributed by atoms with E-state index in [4.69, 9.17) is 0 Å². The number of halogens is 1. The zero-order chi connectivity index (χ0) is 21.6. The van der Waals surface area contributed by atoms with Gasteiger partial charge in [0.1, 0.15) is 5.82 Å². The van der Waals surface area contributed by atoms with Crippen molar-refractivity contribution in [1.82, 2.24) is 5.32 Å². The smallest absolute Gasteiger partial charge is 0.230 e. The normalized spacial score (nSPS) is 12.9. The van der Waals surface area contributed by atoms with Gasteiger partial charge in [-0.25, -0.2) is 4.39 Å². The molecule has 4 nitrogen and oxygen atoms in total. The average Bonchev–Trinajstić information content (AvgIpc) is 3.63. The first kappa shape index (κ1) is 20.8. The number of anilines is 1. The third-order valence-electron chi connectivity index (χ3n) is 5.37. The van der Waals surface area contributed by atoms with Gasteiger partial charge < -0.3 is 10.2 Å². The van der Waals surface area contributed by atoms with Gasteiger partial charge in [0.25, 0.3) is 0 Å². The summed E-state index contributed by atoms with van der Waals surface area (Å²) < 4.78 is 13.6. The Labute approximate surface area is 181 Å². The molecular weight excluding hydrogens is 391 g/mol. The van der Waals surface area contributed by atoms with Gasteiger partial charge in [0.15, 0.2) is 0 Å². The van der Waals surface area contributed by atoms with Crippen LogP contribution in [0.3, 0.4) is 0 Å². The van der Waals surface area contributed by atoms with E-state index in [0.29, 0.717) is 13.1 Å². The number of hydrogen-bond donors (Lipinski definition) is 1. The van der Waals surface area contributed by atoms with Gasteiger partial charge in [-0.3, -0.25) is 9.59 Å². The van der Waals surface area contributed by atoms with Crippen molar-refractivity contribution in [1.29, 1.82) is 0 Å². The summed E-state index contributed by atoms with van der Waals surface area (Å²) in [6.45, 7) is 0.819. The molecule has 0 atom stereocenters. The minimum Gasteiger partial charge on any atom is -0.352 e. The number of carbonyl (C=O) groups excluding carboxylic acids is 2. The molecule has 0 bridgehead atoms. The zero-order valence-corrected chi connectivity index (χ0v) is 17.3. The van der Waals surface area contributed by atoms with Crippen molar-refractivity contribution >= 4 is 17.5 Å². The van der Waals surface area contributed by atoms with E-state index >= 15 is 0 Å². The van der Waals surface area contributed by atoms with Gasteiger partial charge in [-0.05, 0) is 53.8 Å². The molecule has 2 amide bonds. The molecule has 5 heteroatoms. The van der Waals surface area contributed by atoms with Gasteiger partial charge in [0.2, 0.25) is 11.8 Å². The van der Waals surface area contributed by atoms with Gasteiger partial charge in [-0.15, -0.1) is 0 Å². The quantitative estimate of drug-likeness (QED) is 0.582. The van der Waals surface area contributed by atoms with Crippen molar-refractivity contribution in [3.63, 3.8) is 0 Å². The van der Waals surface area contributed by atoms with Crippen molar-refractivity contribution in [2.45, 2.75) is 32.4 Å². The predicted molar refractivity (Wildman–Crippen MR) is 119 cm³/mol. The van der Waals surface area contributed by atoms with Crippen molar-refractivity contribution in [2.24, 2.45) is 5.92 Å². The van der Waals surface area contributed by atoms with Crippen LogP contribution in [0, 0.1) is 11.7 Å². The molecule has 1 fully saturated rings.